The van der Waals surface area contributed by atoms with Gasteiger partial charge in [0.25, 0.3) is 5.91 Å². The summed E-state index contributed by atoms with van der Waals surface area (Å²) in [6.45, 7) is 4.00. The minimum Gasteiger partial charge on any atom is -0.465 e. The van der Waals surface area contributed by atoms with Crippen molar-refractivity contribution in [2.45, 2.75) is 13.8 Å². The molecule has 0 aliphatic rings. The fourth-order valence-corrected chi connectivity index (χ4v) is 2.79. The number of aryl methyl sites for hydroxylation is 2. The van der Waals surface area contributed by atoms with Gasteiger partial charge in [0.15, 0.2) is 0 Å². The molecule has 3 aromatic rings. The quantitative estimate of drug-likeness (QED) is 0.657. The lowest BCUT2D eigenvalue weighted by Gasteiger charge is -2.10. The topological polar surface area (TPSA) is 93.2 Å². The molecule has 0 fully saturated rings. The van der Waals surface area contributed by atoms with Gasteiger partial charge in [-0.25, -0.2) is 14.8 Å². The van der Waals surface area contributed by atoms with E-state index in [-0.39, 0.29) is 11.3 Å². The Balaban J connectivity index is 1.80. The number of benzene rings is 2. The summed E-state index contributed by atoms with van der Waals surface area (Å²) >= 11 is 0. The number of para-hydroxylation sites is 1. The van der Waals surface area contributed by atoms with Gasteiger partial charge in [0, 0.05) is 11.9 Å². The molecule has 28 heavy (non-hydrogen) atoms. The molecule has 142 valence electrons. The van der Waals surface area contributed by atoms with Crippen molar-refractivity contribution in [3.8, 4) is 0 Å². The van der Waals surface area contributed by atoms with Crippen molar-refractivity contribution in [1.29, 1.82) is 0 Å². The van der Waals surface area contributed by atoms with Gasteiger partial charge in [-0.05, 0) is 55.3 Å². The van der Waals surface area contributed by atoms with Crippen LogP contribution in [-0.2, 0) is 4.74 Å². The lowest BCUT2D eigenvalue weighted by molar-refractivity contribution is 0.0602. The highest BCUT2D eigenvalue weighted by atomic mass is 16.5. The first kappa shape index (κ1) is 19.0. The predicted molar refractivity (Wildman–Crippen MR) is 107 cm³/mol. The van der Waals surface area contributed by atoms with Crippen molar-refractivity contribution < 1.29 is 14.3 Å². The first-order valence-electron chi connectivity index (χ1n) is 8.63. The number of ether oxygens (including phenoxy) is 1. The van der Waals surface area contributed by atoms with Crippen LogP contribution in [0.3, 0.4) is 0 Å². The second-order valence-corrected chi connectivity index (χ2v) is 6.26. The van der Waals surface area contributed by atoms with Gasteiger partial charge in [-0.1, -0.05) is 18.2 Å². The zero-order valence-corrected chi connectivity index (χ0v) is 15.8. The van der Waals surface area contributed by atoms with Gasteiger partial charge < -0.3 is 15.4 Å². The van der Waals surface area contributed by atoms with E-state index in [1.54, 1.807) is 24.3 Å². The third-order valence-corrected chi connectivity index (χ3v) is 3.95. The van der Waals surface area contributed by atoms with E-state index < -0.39 is 11.9 Å². The van der Waals surface area contributed by atoms with E-state index in [9.17, 15) is 9.59 Å². The number of methoxy groups -OCH3 is 1. The standard InChI is InChI=1S/C21H20N4O3/c1-13-10-14(2)12-15(11-13)23-21-22-9-8-18(25-21)19(26)24-17-7-5-4-6-16(17)20(27)28-3/h4-12H,1-3H3,(H,24,26)(H,22,23,25). The third-order valence-electron chi connectivity index (χ3n) is 3.95. The van der Waals surface area contributed by atoms with Crippen LogP contribution in [0.4, 0.5) is 17.3 Å². The zero-order valence-electron chi connectivity index (χ0n) is 15.8. The van der Waals surface area contributed by atoms with E-state index in [0.717, 1.165) is 16.8 Å². The number of rotatable bonds is 5. The number of nitrogens with zero attached hydrogens (tertiary/aromatic N) is 2. The fourth-order valence-electron chi connectivity index (χ4n) is 2.79. The Bertz CT molecular complexity index is 1010. The van der Waals surface area contributed by atoms with Gasteiger partial charge in [-0.3, -0.25) is 4.79 Å². The molecule has 0 saturated carbocycles. The normalized spacial score (nSPS) is 10.2. The summed E-state index contributed by atoms with van der Waals surface area (Å²) in [4.78, 5) is 32.9. The number of carbonyl (C=O) groups is 2. The van der Waals surface area contributed by atoms with Gasteiger partial charge in [0.2, 0.25) is 5.95 Å². The Morgan fingerprint density at radius 1 is 1.00 bits per heavy atom. The summed E-state index contributed by atoms with van der Waals surface area (Å²) in [6, 6.07) is 14.1. The van der Waals surface area contributed by atoms with Crippen molar-refractivity contribution in [3.63, 3.8) is 0 Å². The summed E-state index contributed by atoms with van der Waals surface area (Å²) < 4.78 is 4.74. The molecule has 3 rings (SSSR count). The van der Waals surface area contributed by atoms with Crippen molar-refractivity contribution in [3.05, 3.63) is 77.1 Å². The lowest BCUT2D eigenvalue weighted by atomic mass is 10.1. The third kappa shape index (κ3) is 4.50. The summed E-state index contributed by atoms with van der Waals surface area (Å²) in [5, 5.41) is 5.80. The van der Waals surface area contributed by atoms with E-state index in [2.05, 4.69) is 26.7 Å². The SMILES string of the molecule is COC(=O)c1ccccc1NC(=O)c1ccnc(Nc2cc(C)cc(C)c2)n1. The van der Waals surface area contributed by atoms with Crippen molar-refractivity contribution in [2.24, 2.45) is 0 Å². The van der Waals surface area contributed by atoms with Gasteiger partial charge >= 0.3 is 5.97 Å². The van der Waals surface area contributed by atoms with Crippen LogP contribution in [-0.4, -0.2) is 29.0 Å². The van der Waals surface area contributed by atoms with Crippen molar-refractivity contribution in [2.75, 3.05) is 17.7 Å². The maximum absolute atomic E-state index is 12.6. The molecule has 0 unspecified atom stereocenters. The number of carbonyl (C=O) groups excluding carboxylic acids is 2. The number of anilines is 3. The first-order chi connectivity index (χ1) is 13.5. The average Bonchev–Trinajstić information content (AvgIpc) is 2.67. The monoisotopic (exact) mass is 376 g/mol. The molecule has 7 heteroatoms. The summed E-state index contributed by atoms with van der Waals surface area (Å²) in [5.74, 6) is -0.683. The number of hydrogen-bond acceptors (Lipinski definition) is 6. The molecular weight excluding hydrogens is 356 g/mol. The van der Waals surface area contributed by atoms with E-state index in [1.807, 2.05) is 26.0 Å². The van der Waals surface area contributed by atoms with Gasteiger partial charge in [0.1, 0.15) is 5.69 Å². The molecule has 2 aromatic carbocycles. The summed E-state index contributed by atoms with van der Waals surface area (Å²) in [7, 11) is 1.29. The van der Waals surface area contributed by atoms with Crippen LogP contribution in [0.15, 0.2) is 54.7 Å². The number of aromatic nitrogens is 2. The maximum atomic E-state index is 12.6. The van der Waals surface area contributed by atoms with Crippen molar-refractivity contribution >= 4 is 29.2 Å². The van der Waals surface area contributed by atoms with E-state index in [1.165, 1.54) is 19.4 Å². The minimum absolute atomic E-state index is 0.168. The molecule has 0 radical (unpaired) electrons. The van der Waals surface area contributed by atoms with Gasteiger partial charge in [-0.2, -0.15) is 0 Å². The zero-order chi connectivity index (χ0) is 20.1. The minimum atomic E-state index is -0.532. The molecule has 1 aromatic heterocycles. The Morgan fingerprint density at radius 3 is 2.43 bits per heavy atom. The Labute approximate surface area is 162 Å². The predicted octanol–water partition coefficient (Wildman–Crippen LogP) is 3.88. The van der Waals surface area contributed by atoms with Crippen LogP contribution in [0.5, 0.6) is 0 Å². The molecule has 1 heterocycles. The fraction of sp³-hybridized carbons (Fsp3) is 0.143. The highest BCUT2D eigenvalue weighted by Crippen LogP contribution is 2.19. The molecule has 0 atom stereocenters. The molecule has 2 N–H and O–H groups in total. The Hall–Kier alpha value is -3.74. The average molecular weight is 376 g/mol. The van der Waals surface area contributed by atoms with Gasteiger partial charge in [-0.15, -0.1) is 0 Å². The van der Waals surface area contributed by atoms with Crippen molar-refractivity contribution in [1.82, 2.24) is 9.97 Å². The lowest BCUT2D eigenvalue weighted by Crippen LogP contribution is -2.17. The molecule has 0 saturated heterocycles. The van der Waals surface area contributed by atoms with E-state index in [4.69, 9.17) is 4.74 Å². The largest absolute Gasteiger partial charge is 0.465 e. The van der Waals surface area contributed by atoms with Crippen LogP contribution < -0.4 is 10.6 Å². The molecule has 1 amide bonds. The highest BCUT2D eigenvalue weighted by molar-refractivity contribution is 6.07. The van der Waals surface area contributed by atoms with Crippen LogP contribution in [0.2, 0.25) is 0 Å². The number of hydrogen-bond donors (Lipinski definition) is 2. The first-order valence-corrected chi connectivity index (χ1v) is 8.63. The summed E-state index contributed by atoms with van der Waals surface area (Å²) in [5.41, 5.74) is 3.84. The molecule has 0 spiro atoms. The van der Waals surface area contributed by atoms with E-state index >= 15 is 0 Å². The summed E-state index contributed by atoms with van der Waals surface area (Å²) in [6.07, 6.45) is 1.50. The second kappa shape index (κ2) is 8.30. The van der Waals surface area contributed by atoms with Crippen LogP contribution >= 0.6 is 0 Å². The Morgan fingerprint density at radius 2 is 1.71 bits per heavy atom. The molecule has 0 aliphatic carbocycles. The number of esters is 1. The molecule has 0 aliphatic heterocycles. The number of nitrogens with one attached hydrogen (secondary N) is 2. The van der Waals surface area contributed by atoms with Crippen LogP contribution in [0, 0.1) is 13.8 Å². The Kier molecular flexibility index (Phi) is 5.64. The van der Waals surface area contributed by atoms with E-state index in [0.29, 0.717) is 11.6 Å². The molecular formula is C21H20N4O3. The van der Waals surface area contributed by atoms with Gasteiger partial charge in [0.05, 0.1) is 18.4 Å². The molecule has 0 bridgehead atoms. The maximum Gasteiger partial charge on any atom is 0.339 e. The van der Waals surface area contributed by atoms with Crippen LogP contribution in [0.1, 0.15) is 32.0 Å². The molecule has 7 nitrogen and oxygen atoms in total. The highest BCUT2D eigenvalue weighted by Gasteiger charge is 2.15. The number of amides is 1. The smallest absolute Gasteiger partial charge is 0.339 e. The second-order valence-electron chi connectivity index (χ2n) is 6.26. The van der Waals surface area contributed by atoms with Crippen LogP contribution in [0.25, 0.3) is 0 Å².